The summed E-state index contributed by atoms with van der Waals surface area (Å²) in [5, 5.41) is 5.48. The molecule has 4 heterocycles. The van der Waals surface area contributed by atoms with Crippen LogP contribution >= 0.6 is 7.67 Å². The minimum Gasteiger partial charge on any atom is -0.468 e. The van der Waals surface area contributed by atoms with E-state index >= 15 is 0 Å². The predicted octanol–water partition coefficient (Wildman–Crippen LogP) is 1.37. The first-order valence-electron chi connectivity index (χ1n) is 14.3. The maximum Gasteiger partial charge on any atom is 0.509 e. The fourth-order valence-electron chi connectivity index (χ4n) is 5.40. The van der Waals surface area contributed by atoms with Gasteiger partial charge in [-0.3, -0.25) is 28.5 Å². The molecular weight excluding hydrogens is 617 g/mol. The van der Waals surface area contributed by atoms with Crippen LogP contribution in [0.5, 0.6) is 0 Å². The normalized spacial score (nSPS) is 25.4. The van der Waals surface area contributed by atoms with Crippen LogP contribution in [0, 0.1) is 11.8 Å². The molecule has 45 heavy (non-hydrogen) atoms. The number of aromatic nitrogens is 4. The number of nitrogen functional groups attached to an aromatic ring is 1. The van der Waals surface area contributed by atoms with Crippen LogP contribution in [0.15, 0.2) is 11.1 Å². The second kappa shape index (κ2) is 13.4. The molecule has 5 N–H and O–H groups in total. The van der Waals surface area contributed by atoms with Gasteiger partial charge in [-0.15, -0.1) is 0 Å². The topological polar surface area (TPSA) is 237 Å². The smallest absolute Gasteiger partial charge is 0.468 e. The number of hydrogen-bond acceptors (Lipinski definition) is 14. The number of fused-ring (bicyclic) bond motifs is 2. The number of aromatic amines is 1. The number of carbonyl (C=O) groups is 3. The third kappa shape index (κ3) is 7.30. The van der Waals surface area contributed by atoms with Gasteiger partial charge in [-0.25, -0.2) is 20.0 Å². The van der Waals surface area contributed by atoms with Gasteiger partial charge in [0, 0.05) is 0 Å². The average molecular weight is 658 g/mol. The van der Waals surface area contributed by atoms with Crippen molar-refractivity contribution in [1.82, 2.24) is 29.7 Å². The van der Waals surface area contributed by atoms with Crippen LogP contribution in [0.3, 0.4) is 0 Å². The molecule has 0 radical (unpaired) electrons. The standard InChI is InChI=1S/C26H40N7O11P/c1-12(2)8-14(21(35)39-6)31-45(38,32-15(9-13(3)4)22(36)40-7)41-10-16-18-26(5,44-25(37)43-18)23(42-16)33-11-28-17-19(33)29-24(27)30-20(17)34/h11-16,18,23H,8-10H2,1-7H3,(H2,31,32,38)(H3,27,29,30,34)/t14?,15?,16-,18?,23-,26?,45?/m1/s1. The first kappa shape index (κ1) is 34.3. The summed E-state index contributed by atoms with van der Waals surface area (Å²) in [6, 6.07) is -2.15. The lowest BCUT2D eigenvalue weighted by Gasteiger charge is -2.30. The second-order valence-electron chi connectivity index (χ2n) is 11.9. The van der Waals surface area contributed by atoms with E-state index in [9.17, 15) is 23.7 Å². The van der Waals surface area contributed by atoms with Crippen LogP contribution < -0.4 is 21.5 Å². The summed E-state index contributed by atoms with van der Waals surface area (Å²) in [5.41, 5.74) is 3.72. The number of carbonyl (C=O) groups excluding carboxylic acids is 3. The number of nitrogens with two attached hydrogens (primary N) is 1. The zero-order valence-electron chi connectivity index (χ0n) is 26.1. The molecule has 2 aliphatic heterocycles. The van der Waals surface area contributed by atoms with Crippen LogP contribution in [0.2, 0.25) is 0 Å². The van der Waals surface area contributed by atoms with Crippen molar-refractivity contribution in [2.45, 2.75) is 83.6 Å². The molecule has 250 valence electrons. The summed E-state index contributed by atoms with van der Waals surface area (Å²) in [5.74, 6) is -1.59. The lowest BCUT2D eigenvalue weighted by Crippen LogP contribution is -2.46. The van der Waals surface area contributed by atoms with Crippen molar-refractivity contribution in [2.75, 3.05) is 26.6 Å². The highest BCUT2D eigenvalue weighted by Crippen LogP contribution is 2.49. The molecule has 0 aromatic carbocycles. The van der Waals surface area contributed by atoms with E-state index in [4.69, 9.17) is 33.9 Å². The van der Waals surface area contributed by atoms with E-state index in [0.717, 1.165) is 0 Å². The molecule has 2 saturated heterocycles. The van der Waals surface area contributed by atoms with Crippen molar-refractivity contribution in [3.05, 3.63) is 16.7 Å². The highest BCUT2D eigenvalue weighted by molar-refractivity contribution is 7.54. The van der Waals surface area contributed by atoms with E-state index in [-0.39, 0.29) is 41.8 Å². The number of nitrogens with zero attached hydrogens (tertiary/aromatic N) is 3. The Morgan fingerprint density at radius 2 is 1.69 bits per heavy atom. The second-order valence-corrected chi connectivity index (χ2v) is 13.8. The van der Waals surface area contributed by atoms with E-state index in [2.05, 4.69) is 25.1 Å². The van der Waals surface area contributed by atoms with Crippen LogP contribution in [-0.2, 0) is 42.4 Å². The van der Waals surface area contributed by atoms with Gasteiger partial charge in [0.25, 0.3) is 5.56 Å². The Labute approximate surface area is 258 Å². The molecule has 2 aromatic heterocycles. The van der Waals surface area contributed by atoms with E-state index in [0.29, 0.717) is 0 Å². The summed E-state index contributed by atoms with van der Waals surface area (Å²) < 4.78 is 48.8. The largest absolute Gasteiger partial charge is 0.509 e. The Hall–Kier alpha value is -3.57. The average Bonchev–Trinajstić information content (AvgIpc) is 3.58. The van der Waals surface area contributed by atoms with Gasteiger partial charge >= 0.3 is 25.8 Å². The predicted molar refractivity (Wildman–Crippen MR) is 157 cm³/mol. The first-order valence-corrected chi connectivity index (χ1v) is 16.0. The van der Waals surface area contributed by atoms with Gasteiger partial charge in [-0.1, -0.05) is 27.7 Å². The lowest BCUT2D eigenvalue weighted by molar-refractivity contribution is -0.143. The fraction of sp³-hybridized carbons (Fsp3) is 0.692. The Kier molecular flexibility index (Phi) is 10.2. The van der Waals surface area contributed by atoms with Crippen molar-refractivity contribution in [3.8, 4) is 0 Å². The molecule has 4 unspecified atom stereocenters. The third-order valence-corrected chi connectivity index (χ3v) is 9.20. The molecule has 2 aromatic rings. The molecule has 0 saturated carbocycles. The Morgan fingerprint density at radius 1 is 1.11 bits per heavy atom. The molecule has 0 aliphatic carbocycles. The van der Waals surface area contributed by atoms with Crippen LogP contribution in [0.4, 0.5) is 10.7 Å². The molecule has 0 bridgehead atoms. The van der Waals surface area contributed by atoms with Gasteiger partial charge in [-0.2, -0.15) is 4.98 Å². The number of hydrogen-bond donors (Lipinski definition) is 4. The lowest BCUT2D eigenvalue weighted by atomic mass is 9.96. The van der Waals surface area contributed by atoms with Gasteiger partial charge in [0.2, 0.25) is 5.95 Å². The highest BCUT2D eigenvalue weighted by Gasteiger charge is 2.64. The Balaban J connectivity index is 1.66. The first-order chi connectivity index (χ1) is 21.1. The number of nitrogens with one attached hydrogen (secondary N) is 3. The monoisotopic (exact) mass is 657 g/mol. The maximum absolute atomic E-state index is 14.5. The van der Waals surface area contributed by atoms with Gasteiger partial charge in [0.1, 0.15) is 18.2 Å². The van der Waals surface area contributed by atoms with Gasteiger partial charge in [0.15, 0.2) is 29.1 Å². The molecule has 0 amide bonds. The van der Waals surface area contributed by atoms with E-state index < -0.39 is 74.1 Å². The third-order valence-electron chi connectivity index (χ3n) is 7.38. The van der Waals surface area contributed by atoms with Crippen LogP contribution in [-0.4, -0.2) is 88.3 Å². The number of methoxy groups -OCH3 is 2. The van der Waals surface area contributed by atoms with Gasteiger partial charge < -0.3 is 33.9 Å². The molecule has 18 nitrogen and oxygen atoms in total. The molecule has 6 atom stereocenters. The van der Waals surface area contributed by atoms with Crippen LogP contribution in [0.1, 0.15) is 53.7 Å². The number of ether oxygens (including phenoxy) is 5. The van der Waals surface area contributed by atoms with Crippen molar-refractivity contribution in [2.24, 2.45) is 11.8 Å². The zero-order valence-corrected chi connectivity index (χ0v) is 27.0. The molecule has 4 rings (SSSR count). The quantitative estimate of drug-likeness (QED) is 0.127. The highest BCUT2D eigenvalue weighted by atomic mass is 31.2. The summed E-state index contributed by atoms with van der Waals surface area (Å²) in [7, 11) is -1.90. The Bertz CT molecular complexity index is 1490. The number of esters is 2. The van der Waals surface area contributed by atoms with Gasteiger partial charge in [0.05, 0.1) is 27.2 Å². The number of anilines is 1. The molecule has 19 heteroatoms. The fourth-order valence-corrected chi connectivity index (χ4v) is 7.23. The molecule has 0 spiro atoms. The summed E-state index contributed by atoms with van der Waals surface area (Å²) in [4.78, 5) is 60.7. The maximum atomic E-state index is 14.5. The van der Waals surface area contributed by atoms with Crippen molar-refractivity contribution < 1.29 is 47.2 Å². The number of imidazole rings is 1. The van der Waals surface area contributed by atoms with E-state index in [1.807, 2.05) is 27.7 Å². The van der Waals surface area contributed by atoms with E-state index in [1.165, 1.54) is 25.1 Å². The molecule has 2 fully saturated rings. The van der Waals surface area contributed by atoms with Gasteiger partial charge in [-0.05, 0) is 31.6 Å². The molecule has 2 aliphatic rings. The van der Waals surface area contributed by atoms with Crippen molar-refractivity contribution >= 4 is 42.9 Å². The van der Waals surface area contributed by atoms with Crippen LogP contribution in [0.25, 0.3) is 11.2 Å². The van der Waals surface area contributed by atoms with E-state index in [1.54, 1.807) is 6.92 Å². The Morgan fingerprint density at radius 3 is 2.22 bits per heavy atom. The zero-order chi connectivity index (χ0) is 33.3. The summed E-state index contributed by atoms with van der Waals surface area (Å²) >= 11 is 0. The van der Waals surface area contributed by atoms with Crippen molar-refractivity contribution in [1.29, 1.82) is 0 Å². The minimum atomic E-state index is -4.29. The molecular formula is C26H40N7O11P. The minimum absolute atomic E-state index is 0.0170. The van der Waals surface area contributed by atoms with Crippen molar-refractivity contribution in [3.63, 3.8) is 0 Å². The number of rotatable bonds is 14. The number of H-pyrrole nitrogens is 1. The summed E-state index contributed by atoms with van der Waals surface area (Å²) in [6.45, 7) is 8.54. The summed E-state index contributed by atoms with van der Waals surface area (Å²) in [6.07, 6.45) is -2.56. The SMILES string of the molecule is COC(=O)C(CC(C)C)NP(=O)(NC(CC(C)C)C(=O)OC)OC[C@H]1O[C@@H](n2cnc3c(=O)[nH]c(N)nc32)C2(C)OC(=O)OC12.